The first-order valence-electron chi connectivity index (χ1n) is 5.89. The Morgan fingerprint density at radius 2 is 2.05 bits per heavy atom. The number of nitrogens with one attached hydrogen (secondary N) is 2. The summed E-state index contributed by atoms with van der Waals surface area (Å²) in [6.45, 7) is 1.74. The highest BCUT2D eigenvalue weighted by Gasteiger charge is 2.06. The van der Waals surface area contributed by atoms with Crippen molar-refractivity contribution in [3.05, 3.63) is 51.9 Å². The topological polar surface area (TPSA) is 98.9 Å². The quantitative estimate of drug-likeness (QED) is 0.729. The number of fused-ring (bicyclic) bond motifs is 1. The maximum atomic E-state index is 11.7. The summed E-state index contributed by atoms with van der Waals surface area (Å²) in [6.07, 6.45) is 0. The first kappa shape index (κ1) is 11.9. The van der Waals surface area contributed by atoms with E-state index in [1.807, 2.05) is 6.07 Å². The van der Waals surface area contributed by atoms with E-state index in [-0.39, 0.29) is 5.56 Å². The number of aromatic nitrogens is 4. The molecule has 0 aliphatic rings. The number of anilines is 2. The predicted molar refractivity (Wildman–Crippen MR) is 72.8 cm³/mol. The van der Waals surface area contributed by atoms with E-state index in [4.69, 9.17) is 5.26 Å². The van der Waals surface area contributed by atoms with Crippen molar-refractivity contribution in [1.29, 1.82) is 5.26 Å². The Kier molecular flexibility index (Phi) is 2.69. The van der Waals surface area contributed by atoms with Gasteiger partial charge in [0.05, 0.1) is 11.6 Å². The standard InChI is InChI=1S/C13H10N6O/c1-8-6-11(20)19-13(15-8)17-12(18-19)16-10-4-2-9(7-14)3-5-10/h2-6H,1H3,(H2,15,16,17,18). The highest BCUT2D eigenvalue weighted by molar-refractivity contribution is 5.56. The highest BCUT2D eigenvalue weighted by Crippen LogP contribution is 2.13. The molecule has 3 aromatic rings. The van der Waals surface area contributed by atoms with Crippen LogP contribution in [-0.4, -0.2) is 19.6 Å². The Morgan fingerprint density at radius 3 is 2.75 bits per heavy atom. The molecule has 98 valence electrons. The molecule has 0 amide bonds. The molecule has 0 saturated heterocycles. The zero-order valence-electron chi connectivity index (χ0n) is 10.6. The Labute approximate surface area is 113 Å². The summed E-state index contributed by atoms with van der Waals surface area (Å²) in [6, 6.07) is 10.4. The molecule has 3 rings (SSSR count). The molecule has 2 N–H and O–H groups in total. The second kappa shape index (κ2) is 4.51. The molecule has 0 atom stereocenters. The summed E-state index contributed by atoms with van der Waals surface area (Å²) in [7, 11) is 0. The van der Waals surface area contributed by atoms with Crippen molar-refractivity contribution in [3.63, 3.8) is 0 Å². The van der Waals surface area contributed by atoms with Gasteiger partial charge in [-0.15, -0.1) is 0 Å². The Balaban J connectivity index is 1.96. The van der Waals surface area contributed by atoms with Crippen molar-refractivity contribution in [2.45, 2.75) is 6.92 Å². The minimum atomic E-state index is -0.215. The highest BCUT2D eigenvalue weighted by atomic mass is 16.1. The van der Waals surface area contributed by atoms with Gasteiger partial charge in [0.1, 0.15) is 0 Å². The van der Waals surface area contributed by atoms with Crippen LogP contribution in [0.2, 0.25) is 0 Å². The number of hydrogen-bond acceptors (Lipinski definition) is 5. The van der Waals surface area contributed by atoms with Crippen molar-refractivity contribution in [3.8, 4) is 6.07 Å². The summed E-state index contributed by atoms with van der Waals surface area (Å²) >= 11 is 0. The average molecular weight is 266 g/mol. The van der Waals surface area contributed by atoms with E-state index in [1.54, 1.807) is 31.2 Å². The average Bonchev–Trinajstić information content (AvgIpc) is 2.82. The Hall–Kier alpha value is -3.14. The van der Waals surface area contributed by atoms with Crippen molar-refractivity contribution in [1.82, 2.24) is 19.6 Å². The van der Waals surface area contributed by atoms with Gasteiger partial charge in [0.25, 0.3) is 11.3 Å². The maximum Gasteiger partial charge on any atom is 0.274 e. The van der Waals surface area contributed by atoms with Crippen LogP contribution in [0.25, 0.3) is 5.78 Å². The molecule has 2 aromatic heterocycles. The van der Waals surface area contributed by atoms with Crippen molar-refractivity contribution >= 4 is 17.4 Å². The fraction of sp³-hybridized carbons (Fsp3) is 0.0769. The maximum absolute atomic E-state index is 11.7. The van der Waals surface area contributed by atoms with Gasteiger partial charge in [0.15, 0.2) is 0 Å². The summed E-state index contributed by atoms with van der Waals surface area (Å²) in [5, 5.41) is 14.6. The van der Waals surface area contributed by atoms with E-state index >= 15 is 0 Å². The zero-order chi connectivity index (χ0) is 14.1. The summed E-state index contributed by atoms with van der Waals surface area (Å²) in [5.74, 6) is 0.719. The molecule has 20 heavy (non-hydrogen) atoms. The zero-order valence-corrected chi connectivity index (χ0v) is 10.6. The smallest absolute Gasteiger partial charge is 0.274 e. The lowest BCUT2D eigenvalue weighted by Crippen LogP contribution is -2.14. The van der Waals surface area contributed by atoms with Gasteiger partial charge in [0.2, 0.25) is 5.95 Å². The monoisotopic (exact) mass is 266 g/mol. The fourth-order valence-electron chi connectivity index (χ4n) is 1.81. The van der Waals surface area contributed by atoms with E-state index in [0.29, 0.717) is 23.0 Å². The summed E-state index contributed by atoms with van der Waals surface area (Å²) in [5.41, 5.74) is 1.74. The van der Waals surface area contributed by atoms with E-state index in [1.165, 1.54) is 10.6 Å². The molecule has 0 spiro atoms. The molecule has 0 radical (unpaired) electrons. The van der Waals surface area contributed by atoms with Crippen LogP contribution in [0.1, 0.15) is 11.3 Å². The largest absolute Gasteiger partial charge is 0.325 e. The lowest BCUT2D eigenvalue weighted by atomic mass is 10.2. The van der Waals surface area contributed by atoms with Crippen molar-refractivity contribution in [2.24, 2.45) is 0 Å². The van der Waals surface area contributed by atoms with Gasteiger partial charge in [0, 0.05) is 17.4 Å². The van der Waals surface area contributed by atoms with Crippen LogP contribution in [0.5, 0.6) is 0 Å². The van der Waals surface area contributed by atoms with Gasteiger partial charge >= 0.3 is 0 Å². The second-order valence-corrected chi connectivity index (χ2v) is 4.26. The van der Waals surface area contributed by atoms with Gasteiger partial charge in [-0.2, -0.15) is 14.8 Å². The number of aromatic amines is 1. The number of hydrogen-bond donors (Lipinski definition) is 2. The van der Waals surface area contributed by atoms with Crippen LogP contribution in [-0.2, 0) is 0 Å². The number of aryl methyl sites for hydroxylation is 1. The second-order valence-electron chi connectivity index (χ2n) is 4.26. The molecule has 2 heterocycles. The third-order valence-corrected chi connectivity index (χ3v) is 2.74. The van der Waals surface area contributed by atoms with E-state index in [2.05, 4.69) is 20.4 Å². The van der Waals surface area contributed by atoms with Crippen LogP contribution < -0.4 is 10.9 Å². The molecule has 0 bridgehead atoms. The van der Waals surface area contributed by atoms with Crippen LogP contribution >= 0.6 is 0 Å². The van der Waals surface area contributed by atoms with Crippen LogP contribution in [0.15, 0.2) is 35.1 Å². The normalized spacial score (nSPS) is 10.4. The van der Waals surface area contributed by atoms with Crippen molar-refractivity contribution < 1.29 is 0 Å². The predicted octanol–water partition coefficient (Wildman–Crippen LogP) is 1.34. The third kappa shape index (κ3) is 2.10. The first-order valence-corrected chi connectivity index (χ1v) is 5.89. The van der Waals surface area contributed by atoms with Crippen molar-refractivity contribution in [2.75, 3.05) is 5.32 Å². The fourth-order valence-corrected chi connectivity index (χ4v) is 1.81. The van der Waals surface area contributed by atoms with Gasteiger partial charge in [-0.3, -0.25) is 9.89 Å². The molecular weight excluding hydrogens is 256 g/mol. The summed E-state index contributed by atoms with van der Waals surface area (Å²) in [4.78, 5) is 20.1. The molecule has 7 nitrogen and oxygen atoms in total. The lowest BCUT2D eigenvalue weighted by Gasteiger charge is -2.01. The number of benzene rings is 1. The molecule has 0 aliphatic carbocycles. The number of rotatable bonds is 2. The van der Waals surface area contributed by atoms with Crippen LogP contribution in [0.3, 0.4) is 0 Å². The molecule has 0 saturated carbocycles. The minimum absolute atomic E-state index is 0.215. The number of H-pyrrole nitrogens is 1. The summed E-state index contributed by atoms with van der Waals surface area (Å²) < 4.78 is 1.26. The Bertz CT molecular complexity index is 868. The molecule has 0 fully saturated rings. The van der Waals surface area contributed by atoms with Gasteiger partial charge in [-0.05, 0) is 31.2 Å². The van der Waals surface area contributed by atoms with Gasteiger partial charge in [-0.1, -0.05) is 0 Å². The molecule has 0 unspecified atom stereocenters. The van der Waals surface area contributed by atoms with E-state index < -0.39 is 0 Å². The Morgan fingerprint density at radius 1 is 1.30 bits per heavy atom. The minimum Gasteiger partial charge on any atom is -0.325 e. The van der Waals surface area contributed by atoms with Gasteiger partial charge in [-0.25, -0.2) is 4.98 Å². The molecule has 7 heteroatoms. The molecule has 1 aromatic carbocycles. The van der Waals surface area contributed by atoms with Gasteiger partial charge < -0.3 is 5.32 Å². The molecule has 0 aliphatic heterocycles. The van der Waals surface area contributed by atoms with E-state index in [9.17, 15) is 4.79 Å². The lowest BCUT2D eigenvalue weighted by molar-refractivity contribution is 0.892. The van der Waals surface area contributed by atoms with Crippen LogP contribution in [0, 0.1) is 18.3 Å². The molecular formula is C13H10N6O. The first-order chi connectivity index (χ1) is 9.65. The van der Waals surface area contributed by atoms with E-state index in [0.717, 1.165) is 5.69 Å². The number of nitriles is 1. The van der Waals surface area contributed by atoms with Crippen LogP contribution in [0.4, 0.5) is 11.6 Å². The SMILES string of the molecule is Cc1cc(=O)n2[nH]c(Nc3ccc(C#N)cc3)nc2n1. The number of nitrogens with zero attached hydrogens (tertiary/aromatic N) is 4. The third-order valence-electron chi connectivity index (χ3n) is 2.74.